The number of rotatable bonds is 3. The molecule has 0 aromatic heterocycles. The molecule has 158 valence electrons. The fraction of sp³-hybridized carbons (Fsp3) is 0.440. The average Bonchev–Trinajstić information content (AvgIpc) is 2.75. The monoisotopic (exact) mass is 405 g/mol. The minimum atomic E-state index is 0.0718. The van der Waals surface area contributed by atoms with E-state index in [1.54, 1.807) is 0 Å². The summed E-state index contributed by atoms with van der Waals surface area (Å²) in [5, 5.41) is 3.46. The van der Waals surface area contributed by atoms with Crippen LogP contribution in [0.3, 0.4) is 0 Å². The van der Waals surface area contributed by atoms with Gasteiger partial charge in [0.2, 0.25) is 5.91 Å². The molecule has 5 heteroatoms. The van der Waals surface area contributed by atoms with Gasteiger partial charge in [0.15, 0.2) is 0 Å². The second-order valence-corrected chi connectivity index (χ2v) is 8.67. The van der Waals surface area contributed by atoms with Crippen LogP contribution in [-0.2, 0) is 11.2 Å². The van der Waals surface area contributed by atoms with Gasteiger partial charge in [-0.25, -0.2) is 0 Å². The van der Waals surface area contributed by atoms with Crippen LogP contribution in [0.15, 0.2) is 36.4 Å². The molecule has 1 N–H and O–H groups in total. The number of nitrogens with zero attached hydrogens (tertiary/aromatic N) is 2. The van der Waals surface area contributed by atoms with E-state index < -0.39 is 0 Å². The smallest absolute Gasteiger partial charge is 0.256 e. The lowest BCUT2D eigenvalue weighted by atomic mass is 9.88. The molecule has 1 atom stereocenters. The van der Waals surface area contributed by atoms with Gasteiger partial charge in [-0.2, -0.15) is 0 Å². The van der Waals surface area contributed by atoms with E-state index in [9.17, 15) is 9.59 Å². The van der Waals surface area contributed by atoms with Crippen molar-refractivity contribution in [2.75, 3.05) is 38.0 Å². The van der Waals surface area contributed by atoms with Crippen LogP contribution in [0.2, 0.25) is 0 Å². The summed E-state index contributed by atoms with van der Waals surface area (Å²) in [7, 11) is 0. The second kappa shape index (κ2) is 8.50. The number of nitrogens with one attached hydrogen (secondary N) is 1. The van der Waals surface area contributed by atoms with Crippen LogP contribution in [0.1, 0.15) is 51.9 Å². The minimum absolute atomic E-state index is 0.0718. The molecule has 0 bridgehead atoms. The molecule has 0 aliphatic carbocycles. The lowest BCUT2D eigenvalue weighted by Crippen LogP contribution is -2.51. The lowest BCUT2D eigenvalue weighted by Gasteiger charge is -2.36. The maximum absolute atomic E-state index is 13.3. The highest BCUT2D eigenvalue weighted by Crippen LogP contribution is 2.35. The largest absolute Gasteiger partial charge is 0.384 e. The van der Waals surface area contributed by atoms with Crippen molar-refractivity contribution in [3.8, 4) is 0 Å². The molecule has 0 radical (unpaired) electrons. The third-order valence-corrected chi connectivity index (χ3v) is 6.48. The van der Waals surface area contributed by atoms with Crippen LogP contribution < -0.4 is 5.32 Å². The van der Waals surface area contributed by atoms with Gasteiger partial charge in [-0.15, -0.1) is 0 Å². The number of piperazine rings is 1. The van der Waals surface area contributed by atoms with E-state index in [2.05, 4.69) is 25.2 Å². The van der Waals surface area contributed by atoms with Crippen molar-refractivity contribution >= 4 is 17.5 Å². The molecule has 1 fully saturated rings. The van der Waals surface area contributed by atoms with Gasteiger partial charge in [-0.3, -0.25) is 9.59 Å². The molecular formula is C25H31N3O2. The molecule has 0 spiro atoms. The van der Waals surface area contributed by atoms with Gasteiger partial charge in [0.05, 0.1) is 17.7 Å². The first-order valence-electron chi connectivity index (χ1n) is 10.9. The van der Waals surface area contributed by atoms with Crippen molar-refractivity contribution in [1.82, 2.24) is 9.80 Å². The van der Waals surface area contributed by atoms with E-state index in [4.69, 9.17) is 0 Å². The Morgan fingerprint density at radius 2 is 1.73 bits per heavy atom. The number of benzene rings is 2. The third kappa shape index (κ3) is 4.07. The van der Waals surface area contributed by atoms with Crippen molar-refractivity contribution < 1.29 is 9.59 Å². The van der Waals surface area contributed by atoms with E-state index >= 15 is 0 Å². The van der Waals surface area contributed by atoms with Crippen molar-refractivity contribution in [2.45, 2.75) is 39.5 Å². The normalized spacial score (nSPS) is 18.6. The first-order valence-corrected chi connectivity index (χ1v) is 10.9. The molecule has 5 nitrogen and oxygen atoms in total. The van der Waals surface area contributed by atoms with E-state index in [-0.39, 0.29) is 11.8 Å². The maximum Gasteiger partial charge on any atom is 0.256 e. The summed E-state index contributed by atoms with van der Waals surface area (Å²) in [6.07, 6.45) is 1.51. The first-order chi connectivity index (χ1) is 14.4. The fourth-order valence-electron chi connectivity index (χ4n) is 4.55. The number of hydrogen-bond donors (Lipinski definition) is 1. The SMILES string of the molecule is Cc1cc(C(=O)N2CCN(C(=O)Cc3ccccc3C)CC2)c2c(c1)C(C)CCN2. The van der Waals surface area contributed by atoms with Crippen LogP contribution in [0.5, 0.6) is 0 Å². The number of fused-ring (bicyclic) bond motifs is 1. The molecule has 2 aliphatic heterocycles. The van der Waals surface area contributed by atoms with Gasteiger partial charge in [0.1, 0.15) is 0 Å². The molecule has 0 saturated carbocycles. The molecule has 2 aliphatic rings. The molecule has 2 heterocycles. The van der Waals surface area contributed by atoms with Gasteiger partial charge in [0, 0.05) is 32.7 Å². The fourth-order valence-corrected chi connectivity index (χ4v) is 4.55. The number of carbonyl (C=O) groups is 2. The van der Waals surface area contributed by atoms with Gasteiger partial charge < -0.3 is 15.1 Å². The zero-order chi connectivity index (χ0) is 21.3. The number of hydrogen-bond acceptors (Lipinski definition) is 3. The van der Waals surface area contributed by atoms with Crippen molar-refractivity contribution in [1.29, 1.82) is 0 Å². The van der Waals surface area contributed by atoms with E-state index in [1.807, 2.05) is 47.1 Å². The summed E-state index contributed by atoms with van der Waals surface area (Å²) in [6, 6.07) is 12.2. The van der Waals surface area contributed by atoms with Crippen molar-refractivity contribution in [3.05, 3.63) is 64.2 Å². The number of anilines is 1. The summed E-state index contributed by atoms with van der Waals surface area (Å²) in [5.41, 5.74) is 6.37. The van der Waals surface area contributed by atoms with E-state index in [0.29, 0.717) is 38.5 Å². The topological polar surface area (TPSA) is 52.7 Å². The van der Waals surface area contributed by atoms with Gasteiger partial charge in [0.25, 0.3) is 5.91 Å². The molecule has 30 heavy (non-hydrogen) atoms. The molecule has 2 amide bonds. The zero-order valence-electron chi connectivity index (χ0n) is 18.2. The van der Waals surface area contributed by atoms with Crippen molar-refractivity contribution in [2.24, 2.45) is 0 Å². The Labute approximate surface area is 179 Å². The van der Waals surface area contributed by atoms with Gasteiger partial charge in [-0.05, 0) is 54.5 Å². The van der Waals surface area contributed by atoms with E-state index in [1.165, 1.54) is 5.56 Å². The summed E-state index contributed by atoms with van der Waals surface area (Å²) in [4.78, 5) is 29.9. The maximum atomic E-state index is 13.3. The zero-order valence-corrected chi connectivity index (χ0v) is 18.2. The highest BCUT2D eigenvalue weighted by molar-refractivity contribution is 6.01. The minimum Gasteiger partial charge on any atom is -0.384 e. The molecule has 1 unspecified atom stereocenters. The second-order valence-electron chi connectivity index (χ2n) is 8.67. The molecule has 4 rings (SSSR count). The first kappa shape index (κ1) is 20.5. The Morgan fingerprint density at radius 3 is 2.47 bits per heavy atom. The summed E-state index contributed by atoms with van der Waals surface area (Å²) < 4.78 is 0. The molecule has 2 aromatic carbocycles. The van der Waals surface area contributed by atoms with E-state index in [0.717, 1.165) is 40.9 Å². The van der Waals surface area contributed by atoms with Crippen LogP contribution in [0.25, 0.3) is 0 Å². The van der Waals surface area contributed by atoms with Crippen LogP contribution in [0.4, 0.5) is 5.69 Å². The summed E-state index contributed by atoms with van der Waals surface area (Å²) in [5.74, 6) is 0.672. The highest BCUT2D eigenvalue weighted by atomic mass is 16.2. The number of aryl methyl sites for hydroxylation is 2. The number of amides is 2. The molecule has 1 saturated heterocycles. The summed E-state index contributed by atoms with van der Waals surface area (Å²) in [6.45, 7) is 9.57. The Morgan fingerprint density at radius 1 is 1.03 bits per heavy atom. The van der Waals surface area contributed by atoms with Crippen LogP contribution in [0, 0.1) is 13.8 Å². The Hall–Kier alpha value is -2.82. The third-order valence-electron chi connectivity index (χ3n) is 6.48. The van der Waals surface area contributed by atoms with Gasteiger partial charge >= 0.3 is 0 Å². The Bertz CT molecular complexity index is 961. The number of carbonyl (C=O) groups excluding carboxylic acids is 2. The van der Waals surface area contributed by atoms with Gasteiger partial charge in [-0.1, -0.05) is 37.3 Å². The van der Waals surface area contributed by atoms with Crippen LogP contribution in [-0.4, -0.2) is 54.3 Å². The standard InChI is InChI=1S/C25H31N3O2/c1-17-14-21-19(3)8-9-26-24(21)22(15-17)25(30)28-12-10-27(11-13-28)23(29)16-20-7-5-4-6-18(20)2/h4-7,14-15,19,26H,8-13,16H2,1-3H3. The lowest BCUT2D eigenvalue weighted by molar-refractivity contribution is -0.131. The highest BCUT2D eigenvalue weighted by Gasteiger charge is 2.29. The predicted molar refractivity (Wildman–Crippen MR) is 120 cm³/mol. The predicted octanol–water partition coefficient (Wildman–Crippen LogP) is 3.75. The quantitative estimate of drug-likeness (QED) is 0.846. The van der Waals surface area contributed by atoms with Crippen LogP contribution >= 0.6 is 0 Å². The van der Waals surface area contributed by atoms with Crippen molar-refractivity contribution in [3.63, 3.8) is 0 Å². The molecular weight excluding hydrogens is 374 g/mol. The average molecular weight is 406 g/mol. The Kier molecular flexibility index (Phi) is 5.80. The Balaban J connectivity index is 1.43. The molecule has 2 aromatic rings. The summed E-state index contributed by atoms with van der Waals surface area (Å²) >= 11 is 0.